The van der Waals surface area contributed by atoms with Crippen LogP contribution < -0.4 is 0 Å². The highest BCUT2D eigenvalue weighted by Crippen LogP contribution is 2.33. The van der Waals surface area contributed by atoms with Gasteiger partial charge in [0.1, 0.15) is 0 Å². The fourth-order valence-corrected chi connectivity index (χ4v) is 2.43. The first kappa shape index (κ1) is 14.5. The van der Waals surface area contributed by atoms with Crippen molar-refractivity contribution in [2.24, 2.45) is 5.92 Å². The summed E-state index contributed by atoms with van der Waals surface area (Å²) in [5, 5.41) is 0. The molecule has 0 aliphatic carbocycles. The third-order valence-corrected chi connectivity index (χ3v) is 4.23. The lowest BCUT2D eigenvalue weighted by Crippen LogP contribution is -2.45. The second-order valence-corrected chi connectivity index (χ2v) is 6.05. The Morgan fingerprint density at radius 2 is 1.94 bits per heavy atom. The molecular weight excluding hydrogens is 214 g/mol. The van der Waals surface area contributed by atoms with Gasteiger partial charge in [0, 0.05) is 26.2 Å². The van der Waals surface area contributed by atoms with E-state index in [4.69, 9.17) is 0 Å². The fraction of sp³-hybridized carbons (Fsp3) is 0.923. The van der Waals surface area contributed by atoms with Gasteiger partial charge in [0.15, 0.2) is 0 Å². The number of hydrogen-bond acceptors (Lipinski definition) is 3. The predicted molar refractivity (Wildman–Crippen MR) is 71.0 cm³/mol. The maximum absolute atomic E-state index is 11.6. The molecule has 0 aromatic rings. The van der Waals surface area contributed by atoms with Crippen molar-refractivity contribution in [3.05, 3.63) is 0 Å². The molecule has 4 heteroatoms. The molecule has 0 aromatic carbocycles. The Kier molecular flexibility index (Phi) is 4.55. The van der Waals surface area contributed by atoms with Crippen molar-refractivity contribution in [2.45, 2.75) is 25.8 Å². The van der Waals surface area contributed by atoms with Crippen molar-refractivity contribution >= 4 is 5.91 Å². The van der Waals surface area contributed by atoms with Gasteiger partial charge in [0.05, 0.1) is 6.54 Å². The summed E-state index contributed by atoms with van der Waals surface area (Å²) in [6.07, 6.45) is 1.23. The van der Waals surface area contributed by atoms with Crippen LogP contribution in [0.3, 0.4) is 0 Å². The van der Waals surface area contributed by atoms with E-state index >= 15 is 0 Å². The van der Waals surface area contributed by atoms with Gasteiger partial charge in [-0.1, -0.05) is 0 Å². The molecule has 4 nitrogen and oxygen atoms in total. The zero-order chi connectivity index (χ0) is 13.2. The molecule has 1 atom stereocenters. The fourth-order valence-electron chi connectivity index (χ4n) is 2.43. The van der Waals surface area contributed by atoms with Crippen LogP contribution in [0.5, 0.6) is 0 Å². The maximum atomic E-state index is 11.6. The standard InChI is InChI=1S/C13H27N3O/c1-13(2)11(7-8-16(13)6)9-15(5)10-12(17)14(3)4/h11H,7-10H2,1-6H3. The number of carbonyl (C=O) groups is 1. The molecule has 1 fully saturated rings. The lowest BCUT2D eigenvalue weighted by Gasteiger charge is -2.35. The highest BCUT2D eigenvalue weighted by molar-refractivity contribution is 5.77. The number of rotatable bonds is 4. The van der Waals surface area contributed by atoms with Crippen molar-refractivity contribution in [3.63, 3.8) is 0 Å². The number of likely N-dealkylation sites (tertiary alicyclic amines) is 1. The van der Waals surface area contributed by atoms with Crippen molar-refractivity contribution in [3.8, 4) is 0 Å². The third-order valence-electron chi connectivity index (χ3n) is 4.23. The quantitative estimate of drug-likeness (QED) is 0.726. The van der Waals surface area contributed by atoms with Crippen LogP contribution in [0.15, 0.2) is 0 Å². The summed E-state index contributed by atoms with van der Waals surface area (Å²) in [4.78, 5) is 17.8. The first-order chi connectivity index (χ1) is 7.75. The smallest absolute Gasteiger partial charge is 0.236 e. The molecule has 1 aliphatic rings. The van der Waals surface area contributed by atoms with Gasteiger partial charge in [-0.15, -0.1) is 0 Å². The molecule has 100 valence electrons. The Morgan fingerprint density at radius 3 is 2.35 bits per heavy atom. The van der Waals surface area contributed by atoms with Gasteiger partial charge >= 0.3 is 0 Å². The summed E-state index contributed by atoms with van der Waals surface area (Å²) in [6, 6.07) is 0. The van der Waals surface area contributed by atoms with Crippen LogP contribution in [-0.4, -0.2) is 74.0 Å². The van der Waals surface area contributed by atoms with E-state index in [0.717, 1.165) is 13.1 Å². The normalized spacial score (nSPS) is 24.3. The highest BCUT2D eigenvalue weighted by Gasteiger charge is 2.39. The van der Waals surface area contributed by atoms with Gasteiger partial charge in [-0.25, -0.2) is 0 Å². The van der Waals surface area contributed by atoms with E-state index < -0.39 is 0 Å². The van der Waals surface area contributed by atoms with Gasteiger partial charge in [-0.05, 0) is 46.8 Å². The summed E-state index contributed by atoms with van der Waals surface area (Å²) in [6.45, 7) is 7.27. The molecule has 17 heavy (non-hydrogen) atoms. The topological polar surface area (TPSA) is 26.8 Å². The summed E-state index contributed by atoms with van der Waals surface area (Å²) in [5.74, 6) is 0.823. The van der Waals surface area contributed by atoms with Crippen molar-refractivity contribution in [1.29, 1.82) is 0 Å². The van der Waals surface area contributed by atoms with Gasteiger partial charge in [-0.3, -0.25) is 9.69 Å². The van der Waals surface area contributed by atoms with Crippen LogP contribution >= 0.6 is 0 Å². The van der Waals surface area contributed by atoms with Crippen LogP contribution in [0.4, 0.5) is 0 Å². The molecular formula is C13H27N3O. The van der Waals surface area contributed by atoms with Crippen LogP contribution in [-0.2, 0) is 4.79 Å². The predicted octanol–water partition coefficient (Wildman–Crippen LogP) is 0.737. The van der Waals surface area contributed by atoms with Crippen LogP contribution in [0.25, 0.3) is 0 Å². The molecule has 1 unspecified atom stereocenters. The molecule has 1 heterocycles. The Labute approximate surface area is 106 Å². The number of amides is 1. The summed E-state index contributed by atoms with van der Waals surface area (Å²) in [7, 11) is 7.84. The van der Waals surface area contributed by atoms with Gasteiger partial charge < -0.3 is 9.80 Å². The lowest BCUT2D eigenvalue weighted by atomic mass is 9.88. The Balaban J connectivity index is 2.47. The number of likely N-dealkylation sites (N-methyl/N-ethyl adjacent to an activating group) is 2. The van der Waals surface area contributed by atoms with E-state index in [2.05, 4.69) is 30.7 Å². The lowest BCUT2D eigenvalue weighted by molar-refractivity contribution is -0.129. The number of hydrogen-bond donors (Lipinski definition) is 0. The van der Waals surface area contributed by atoms with E-state index in [-0.39, 0.29) is 11.4 Å². The molecule has 0 N–H and O–H groups in total. The largest absolute Gasteiger partial charge is 0.348 e. The Morgan fingerprint density at radius 1 is 1.35 bits per heavy atom. The summed E-state index contributed by atoms with van der Waals surface area (Å²) in [5.41, 5.74) is 0.245. The first-order valence-electron chi connectivity index (χ1n) is 6.35. The van der Waals surface area contributed by atoms with Crippen molar-refractivity contribution in [2.75, 3.05) is 47.8 Å². The molecule has 1 amide bonds. The Bertz CT molecular complexity index is 276. The SMILES string of the molecule is CN(CC(=O)N(C)C)CC1CCN(C)C1(C)C. The highest BCUT2D eigenvalue weighted by atomic mass is 16.2. The van der Waals surface area contributed by atoms with E-state index in [1.165, 1.54) is 6.42 Å². The van der Waals surface area contributed by atoms with E-state index in [1.54, 1.807) is 4.90 Å². The minimum Gasteiger partial charge on any atom is -0.348 e. The van der Waals surface area contributed by atoms with Crippen molar-refractivity contribution < 1.29 is 4.79 Å². The van der Waals surface area contributed by atoms with Gasteiger partial charge in [0.25, 0.3) is 0 Å². The molecule has 0 spiro atoms. The molecule has 0 aromatic heterocycles. The van der Waals surface area contributed by atoms with Gasteiger partial charge in [0.2, 0.25) is 5.91 Å². The maximum Gasteiger partial charge on any atom is 0.236 e. The average Bonchev–Trinajstić information content (AvgIpc) is 2.44. The minimum absolute atomic E-state index is 0.177. The van der Waals surface area contributed by atoms with Crippen LogP contribution in [0.2, 0.25) is 0 Å². The zero-order valence-electron chi connectivity index (χ0n) is 12.2. The van der Waals surface area contributed by atoms with E-state index in [9.17, 15) is 4.79 Å². The summed E-state index contributed by atoms with van der Waals surface area (Å²) >= 11 is 0. The van der Waals surface area contributed by atoms with Crippen LogP contribution in [0, 0.1) is 5.92 Å². The number of carbonyl (C=O) groups excluding carboxylic acids is 1. The average molecular weight is 241 g/mol. The molecule has 0 saturated carbocycles. The molecule has 1 saturated heterocycles. The van der Waals surface area contributed by atoms with E-state index in [0.29, 0.717) is 12.5 Å². The summed E-state index contributed by atoms with van der Waals surface area (Å²) < 4.78 is 0. The third kappa shape index (κ3) is 3.42. The second-order valence-electron chi connectivity index (χ2n) is 6.05. The molecule has 0 radical (unpaired) electrons. The first-order valence-corrected chi connectivity index (χ1v) is 6.35. The minimum atomic E-state index is 0.177. The van der Waals surface area contributed by atoms with E-state index in [1.807, 2.05) is 21.1 Å². The zero-order valence-corrected chi connectivity index (χ0v) is 12.2. The molecule has 0 bridgehead atoms. The number of nitrogens with zero attached hydrogens (tertiary/aromatic N) is 3. The van der Waals surface area contributed by atoms with Crippen molar-refractivity contribution in [1.82, 2.24) is 14.7 Å². The molecule has 1 aliphatic heterocycles. The second kappa shape index (κ2) is 5.36. The monoisotopic (exact) mass is 241 g/mol. The van der Waals surface area contributed by atoms with Gasteiger partial charge in [-0.2, -0.15) is 0 Å². The van der Waals surface area contributed by atoms with Crippen LogP contribution in [0.1, 0.15) is 20.3 Å². The Hall–Kier alpha value is -0.610. The molecule has 1 rings (SSSR count).